The average molecular weight is 330 g/mol. The zero-order valence-corrected chi connectivity index (χ0v) is 14.6. The van der Waals surface area contributed by atoms with Gasteiger partial charge in [-0.2, -0.15) is 0 Å². The molecule has 6 heteroatoms. The number of benzene rings is 1. The van der Waals surface area contributed by atoms with Crippen molar-refractivity contribution in [1.82, 2.24) is 19.7 Å². The molecule has 0 bridgehead atoms. The van der Waals surface area contributed by atoms with E-state index in [0.717, 1.165) is 11.6 Å². The van der Waals surface area contributed by atoms with E-state index in [-0.39, 0.29) is 11.7 Å². The van der Waals surface area contributed by atoms with Crippen molar-refractivity contribution in [2.75, 3.05) is 6.54 Å². The molecule has 1 aliphatic rings. The van der Waals surface area contributed by atoms with Gasteiger partial charge in [-0.3, -0.25) is 4.79 Å². The molecule has 2 heterocycles. The largest absolute Gasteiger partial charge is 0.333 e. The van der Waals surface area contributed by atoms with Gasteiger partial charge in [0.2, 0.25) is 5.91 Å². The first-order chi connectivity index (χ1) is 11.3. The van der Waals surface area contributed by atoms with Gasteiger partial charge >= 0.3 is 0 Å². The minimum Gasteiger partial charge on any atom is -0.333 e. The van der Waals surface area contributed by atoms with Gasteiger partial charge in [-0.25, -0.2) is 4.39 Å². The maximum Gasteiger partial charge on any atom is 0.233 e. The van der Waals surface area contributed by atoms with E-state index in [1.54, 1.807) is 36.9 Å². The second-order valence-corrected chi connectivity index (χ2v) is 7.11. The first-order valence-corrected chi connectivity index (χ1v) is 8.28. The van der Waals surface area contributed by atoms with E-state index >= 15 is 0 Å². The molecule has 1 aliphatic heterocycles. The van der Waals surface area contributed by atoms with Crippen LogP contribution in [0.3, 0.4) is 0 Å². The van der Waals surface area contributed by atoms with Crippen LogP contribution in [-0.2, 0) is 23.3 Å². The zero-order chi connectivity index (χ0) is 17.5. The normalized spacial score (nSPS) is 14.8. The minimum atomic E-state index is -0.922. The summed E-state index contributed by atoms with van der Waals surface area (Å²) in [6.07, 6.45) is 0. The van der Waals surface area contributed by atoms with Gasteiger partial charge in [0.05, 0.1) is 12.0 Å². The van der Waals surface area contributed by atoms with Crippen LogP contribution in [0.15, 0.2) is 24.3 Å². The predicted molar refractivity (Wildman–Crippen MR) is 89.0 cm³/mol. The number of amides is 1. The fourth-order valence-electron chi connectivity index (χ4n) is 3.26. The zero-order valence-electron chi connectivity index (χ0n) is 14.6. The number of rotatable bonds is 3. The predicted octanol–water partition coefficient (Wildman–Crippen LogP) is 2.86. The number of carbonyl (C=O) groups is 1. The molecule has 3 rings (SSSR count). The maximum absolute atomic E-state index is 14.1. The van der Waals surface area contributed by atoms with Crippen LogP contribution in [0, 0.1) is 5.82 Å². The van der Waals surface area contributed by atoms with E-state index in [1.165, 1.54) is 6.07 Å². The van der Waals surface area contributed by atoms with E-state index < -0.39 is 5.41 Å². The third-order valence-corrected chi connectivity index (χ3v) is 4.67. The highest BCUT2D eigenvalue weighted by Crippen LogP contribution is 2.29. The molecule has 1 aromatic heterocycles. The quantitative estimate of drug-likeness (QED) is 0.869. The van der Waals surface area contributed by atoms with Crippen LogP contribution in [0.25, 0.3) is 0 Å². The molecule has 1 amide bonds. The van der Waals surface area contributed by atoms with Crippen molar-refractivity contribution in [2.45, 2.75) is 52.1 Å². The van der Waals surface area contributed by atoms with Crippen LogP contribution in [0.5, 0.6) is 0 Å². The van der Waals surface area contributed by atoms with Crippen LogP contribution in [0.1, 0.15) is 50.8 Å². The van der Waals surface area contributed by atoms with E-state index in [0.29, 0.717) is 31.1 Å². The molecule has 0 spiro atoms. The molecule has 128 valence electrons. The summed E-state index contributed by atoms with van der Waals surface area (Å²) in [5.74, 6) is 1.60. The van der Waals surface area contributed by atoms with Gasteiger partial charge in [0, 0.05) is 24.6 Å². The number of hydrogen-bond acceptors (Lipinski definition) is 3. The van der Waals surface area contributed by atoms with Gasteiger partial charge < -0.3 is 9.47 Å². The van der Waals surface area contributed by atoms with Crippen molar-refractivity contribution in [1.29, 1.82) is 0 Å². The van der Waals surface area contributed by atoms with E-state index in [9.17, 15) is 9.18 Å². The van der Waals surface area contributed by atoms with Gasteiger partial charge in [-0.05, 0) is 19.9 Å². The van der Waals surface area contributed by atoms with Crippen molar-refractivity contribution in [2.24, 2.45) is 0 Å². The van der Waals surface area contributed by atoms with Gasteiger partial charge in [0.25, 0.3) is 0 Å². The third-order valence-electron chi connectivity index (χ3n) is 4.67. The summed E-state index contributed by atoms with van der Waals surface area (Å²) in [5.41, 5.74) is -0.501. The van der Waals surface area contributed by atoms with E-state index in [1.807, 2.05) is 0 Å². The number of hydrogen-bond donors (Lipinski definition) is 0. The Morgan fingerprint density at radius 2 is 1.92 bits per heavy atom. The molecule has 0 saturated carbocycles. The molecule has 0 fully saturated rings. The lowest BCUT2D eigenvalue weighted by atomic mass is 9.82. The van der Waals surface area contributed by atoms with Gasteiger partial charge in [-0.15, -0.1) is 10.2 Å². The summed E-state index contributed by atoms with van der Waals surface area (Å²) in [5, 5.41) is 8.47. The molecule has 0 saturated heterocycles. The Bertz CT molecular complexity index is 766. The lowest BCUT2D eigenvalue weighted by molar-refractivity contribution is -0.138. The highest BCUT2D eigenvalue weighted by molar-refractivity contribution is 5.87. The van der Waals surface area contributed by atoms with Crippen molar-refractivity contribution in [3.8, 4) is 0 Å². The number of fused-ring (bicyclic) bond motifs is 1. The van der Waals surface area contributed by atoms with Gasteiger partial charge in [-0.1, -0.05) is 32.0 Å². The molecule has 1 aromatic carbocycles. The van der Waals surface area contributed by atoms with Crippen LogP contribution in [0.4, 0.5) is 4.39 Å². The Balaban J connectivity index is 1.85. The minimum absolute atomic E-state index is 0.0899. The second-order valence-electron chi connectivity index (χ2n) is 7.11. The van der Waals surface area contributed by atoms with Crippen LogP contribution in [-0.4, -0.2) is 32.1 Å². The molecule has 0 N–H and O–H groups in total. The number of carbonyl (C=O) groups excluding carboxylic acids is 1. The molecular weight excluding hydrogens is 307 g/mol. The van der Waals surface area contributed by atoms with Crippen molar-refractivity contribution in [3.05, 3.63) is 47.3 Å². The smallest absolute Gasteiger partial charge is 0.233 e. The van der Waals surface area contributed by atoms with Crippen molar-refractivity contribution >= 4 is 5.91 Å². The highest BCUT2D eigenvalue weighted by atomic mass is 19.1. The van der Waals surface area contributed by atoms with Crippen molar-refractivity contribution in [3.63, 3.8) is 0 Å². The number of halogens is 1. The summed E-state index contributed by atoms with van der Waals surface area (Å²) in [7, 11) is 0. The standard InChI is InChI=1S/C18H23FN4O/c1-12(2)16-21-20-15-11-22(9-10-23(15)16)17(24)18(3,4)13-7-5-6-8-14(13)19/h5-8,12H,9-11H2,1-4H3. The summed E-state index contributed by atoms with van der Waals surface area (Å²) < 4.78 is 16.2. The Morgan fingerprint density at radius 3 is 2.58 bits per heavy atom. The fourth-order valence-corrected chi connectivity index (χ4v) is 3.26. The second kappa shape index (κ2) is 6.00. The Hall–Kier alpha value is -2.24. The number of aromatic nitrogens is 3. The summed E-state index contributed by atoms with van der Waals surface area (Å²) in [6, 6.07) is 6.47. The van der Waals surface area contributed by atoms with E-state index in [4.69, 9.17) is 0 Å². The first-order valence-electron chi connectivity index (χ1n) is 8.28. The van der Waals surface area contributed by atoms with Crippen LogP contribution >= 0.6 is 0 Å². The molecule has 5 nitrogen and oxygen atoms in total. The third kappa shape index (κ3) is 2.70. The molecule has 0 radical (unpaired) electrons. The topological polar surface area (TPSA) is 51.0 Å². The SMILES string of the molecule is CC(C)c1nnc2n1CCN(C(=O)C(C)(C)c1ccccc1F)C2. The molecule has 24 heavy (non-hydrogen) atoms. The Morgan fingerprint density at radius 1 is 1.21 bits per heavy atom. The average Bonchev–Trinajstić information content (AvgIpc) is 2.97. The van der Waals surface area contributed by atoms with E-state index in [2.05, 4.69) is 28.6 Å². The lowest BCUT2D eigenvalue weighted by Gasteiger charge is -2.35. The van der Waals surface area contributed by atoms with Crippen LogP contribution in [0.2, 0.25) is 0 Å². The van der Waals surface area contributed by atoms with Crippen molar-refractivity contribution < 1.29 is 9.18 Å². The molecule has 0 unspecified atom stereocenters. The summed E-state index contributed by atoms with van der Waals surface area (Å²) in [4.78, 5) is 14.8. The van der Waals surface area contributed by atoms with Gasteiger partial charge in [0.15, 0.2) is 5.82 Å². The highest BCUT2D eigenvalue weighted by Gasteiger charge is 2.37. The maximum atomic E-state index is 14.1. The summed E-state index contributed by atoms with van der Waals surface area (Å²) >= 11 is 0. The van der Waals surface area contributed by atoms with Crippen LogP contribution < -0.4 is 0 Å². The number of nitrogens with zero attached hydrogens (tertiary/aromatic N) is 4. The molecule has 0 aliphatic carbocycles. The lowest BCUT2D eigenvalue weighted by Crippen LogP contribution is -2.47. The first kappa shape index (κ1) is 16.6. The molecular formula is C18H23FN4O. The monoisotopic (exact) mass is 330 g/mol. The Kier molecular flexibility index (Phi) is 4.15. The molecule has 0 atom stereocenters. The summed E-state index contributed by atoms with van der Waals surface area (Å²) in [6.45, 7) is 9.37. The van der Waals surface area contributed by atoms with Gasteiger partial charge in [0.1, 0.15) is 11.6 Å². The Labute approximate surface area is 141 Å². The molecule has 2 aromatic rings. The fraction of sp³-hybridized carbons (Fsp3) is 0.500.